The van der Waals surface area contributed by atoms with Crippen molar-refractivity contribution in [3.05, 3.63) is 40.9 Å². The fourth-order valence-corrected chi connectivity index (χ4v) is 1.95. The number of hydrogen-bond acceptors (Lipinski definition) is 5. The van der Waals surface area contributed by atoms with Crippen molar-refractivity contribution in [3.8, 4) is 6.07 Å². The van der Waals surface area contributed by atoms with E-state index < -0.39 is 0 Å². The van der Waals surface area contributed by atoms with Crippen LogP contribution in [0.1, 0.15) is 35.5 Å². The van der Waals surface area contributed by atoms with Crippen molar-refractivity contribution >= 4 is 5.82 Å². The summed E-state index contributed by atoms with van der Waals surface area (Å²) in [6.45, 7) is 5.82. The minimum Gasteiger partial charge on any atom is -0.363 e. The van der Waals surface area contributed by atoms with E-state index in [4.69, 9.17) is 9.78 Å². The van der Waals surface area contributed by atoms with Crippen molar-refractivity contribution in [2.75, 3.05) is 5.32 Å². The van der Waals surface area contributed by atoms with Crippen LogP contribution in [0.3, 0.4) is 0 Å². The normalized spacial score (nSPS) is 11.9. The van der Waals surface area contributed by atoms with E-state index in [-0.39, 0.29) is 6.04 Å². The molecule has 2 aromatic rings. The van der Waals surface area contributed by atoms with Crippen LogP contribution in [-0.2, 0) is 0 Å². The number of rotatable bonds is 3. The molecule has 2 rings (SSSR count). The van der Waals surface area contributed by atoms with E-state index in [1.165, 1.54) is 0 Å². The molecule has 0 bridgehead atoms. The number of nitrogens with zero attached hydrogens (tertiary/aromatic N) is 3. The molecule has 92 valence electrons. The molecule has 0 saturated heterocycles. The summed E-state index contributed by atoms with van der Waals surface area (Å²) in [5.41, 5.74) is 2.47. The lowest BCUT2D eigenvalue weighted by atomic mass is 10.1. The van der Waals surface area contributed by atoms with Crippen LogP contribution in [0.5, 0.6) is 0 Å². The van der Waals surface area contributed by atoms with Crippen molar-refractivity contribution < 1.29 is 4.52 Å². The Labute approximate surface area is 105 Å². The fourth-order valence-electron chi connectivity index (χ4n) is 1.95. The zero-order chi connectivity index (χ0) is 13.1. The lowest BCUT2D eigenvalue weighted by molar-refractivity contribution is 0.392. The molecule has 0 amide bonds. The zero-order valence-electron chi connectivity index (χ0n) is 10.6. The molecule has 18 heavy (non-hydrogen) atoms. The molecule has 1 atom stereocenters. The van der Waals surface area contributed by atoms with Crippen molar-refractivity contribution in [2.45, 2.75) is 26.8 Å². The van der Waals surface area contributed by atoms with Crippen LogP contribution in [-0.4, -0.2) is 10.1 Å². The molecule has 0 radical (unpaired) electrons. The van der Waals surface area contributed by atoms with E-state index >= 15 is 0 Å². The Morgan fingerprint density at radius 2 is 2.17 bits per heavy atom. The summed E-state index contributed by atoms with van der Waals surface area (Å²) in [7, 11) is 0. The van der Waals surface area contributed by atoms with Gasteiger partial charge in [0.1, 0.15) is 17.6 Å². The van der Waals surface area contributed by atoms with Gasteiger partial charge in [0.15, 0.2) is 0 Å². The first-order valence-corrected chi connectivity index (χ1v) is 5.67. The van der Waals surface area contributed by atoms with Crippen LogP contribution in [0.25, 0.3) is 0 Å². The highest BCUT2D eigenvalue weighted by molar-refractivity contribution is 5.42. The SMILES string of the molecule is Cc1noc(C)c1C(C)Nc1ccc(C#N)cn1. The Bertz CT molecular complexity index is 561. The van der Waals surface area contributed by atoms with Crippen LogP contribution >= 0.6 is 0 Å². The third-order valence-corrected chi connectivity index (χ3v) is 2.78. The molecule has 5 nitrogen and oxygen atoms in total. The maximum absolute atomic E-state index is 8.70. The smallest absolute Gasteiger partial charge is 0.139 e. The number of aromatic nitrogens is 2. The first-order chi connectivity index (χ1) is 8.61. The molecule has 0 aliphatic heterocycles. The van der Waals surface area contributed by atoms with E-state index in [0.29, 0.717) is 5.56 Å². The number of nitriles is 1. The molecular formula is C13H14N4O. The van der Waals surface area contributed by atoms with Gasteiger partial charge in [-0.15, -0.1) is 0 Å². The molecule has 5 heteroatoms. The number of aryl methyl sites for hydroxylation is 2. The highest BCUT2D eigenvalue weighted by Gasteiger charge is 2.16. The van der Waals surface area contributed by atoms with Crippen LogP contribution in [0.15, 0.2) is 22.9 Å². The molecule has 1 N–H and O–H groups in total. The summed E-state index contributed by atoms with van der Waals surface area (Å²) in [6, 6.07) is 5.61. The third kappa shape index (κ3) is 2.33. The zero-order valence-corrected chi connectivity index (χ0v) is 10.6. The second kappa shape index (κ2) is 4.88. The van der Waals surface area contributed by atoms with E-state index in [0.717, 1.165) is 22.8 Å². The Kier molecular flexibility index (Phi) is 3.28. The predicted octanol–water partition coefficient (Wildman–Crippen LogP) is 2.73. The average molecular weight is 242 g/mol. The second-order valence-corrected chi connectivity index (χ2v) is 4.15. The highest BCUT2D eigenvalue weighted by Crippen LogP contribution is 2.24. The molecular weight excluding hydrogens is 228 g/mol. The second-order valence-electron chi connectivity index (χ2n) is 4.15. The topological polar surface area (TPSA) is 74.7 Å². The van der Waals surface area contributed by atoms with Crippen LogP contribution in [0, 0.1) is 25.2 Å². The molecule has 0 aromatic carbocycles. The third-order valence-electron chi connectivity index (χ3n) is 2.78. The largest absolute Gasteiger partial charge is 0.363 e. The van der Waals surface area contributed by atoms with Crippen LogP contribution in [0.4, 0.5) is 5.82 Å². The van der Waals surface area contributed by atoms with E-state index in [1.54, 1.807) is 18.3 Å². The fraction of sp³-hybridized carbons (Fsp3) is 0.308. The van der Waals surface area contributed by atoms with Gasteiger partial charge in [-0.05, 0) is 32.9 Å². The summed E-state index contributed by atoms with van der Waals surface area (Å²) in [5.74, 6) is 1.53. The van der Waals surface area contributed by atoms with E-state index in [1.807, 2.05) is 26.8 Å². The van der Waals surface area contributed by atoms with Gasteiger partial charge in [-0.3, -0.25) is 0 Å². The molecule has 2 heterocycles. The van der Waals surface area contributed by atoms with Gasteiger partial charge in [-0.2, -0.15) is 5.26 Å². The maximum atomic E-state index is 8.70. The summed E-state index contributed by atoms with van der Waals surface area (Å²) in [5, 5.41) is 15.9. The van der Waals surface area contributed by atoms with E-state index in [2.05, 4.69) is 15.5 Å². The lowest BCUT2D eigenvalue weighted by Crippen LogP contribution is -2.09. The number of nitrogens with one attached hydrogen (secondary N) is 1. The Morgan fingerprint density at radius 3 is 2.67 bits per heavy atom. The first kappa shape index (κ1) is 12.1. The number of anilines is 1. The summed E-state index contributed by atoms with van der Waals surface area (Å²) >= 11 is 0. The molecule has 0 fully saturated rings. The van der Waals surface area contributed by atoms with Gasteiger partial charge < -0.3 is 9.84 Å². The lowest BCUT2D eigenvalue weighted by Gasteiger charge is -2.14. The number of hydrogen-bond donors (Lipinski definition) is 1. The average Bonchev–Trinajstić information content (AvgIpc) is 2.70. The van der Waals surface area contributed by atoms with Crippen molar-refractivity contribution in [2.24, 2.45) is 0 Å². The maximum Gasteiger partial charge on any atom is 0.139 e. The minimum absolute atomic E-state index is 0.0525. The standard InChI is InChI=1S/C13H14N4O/c1-8(13-9(2)17-18-10(13)3)16-12-5-4-11(6-14)7-15-12/h4-5,7-8H,1-3H3,(H,15,16). The van der Waals surface area contributed by atoms with E-state index in [9.17, 15) is 0 Å². The minimum atomic E-state index is 0.0525. The Hall–Kier alpha value is -2.35. The van der Waals surface area contributed by atoms with Gasteiger partial charge in [0.05, 0.1) is 17.3 Å². The predicted molar refractivity (Wildman–Crippen MR) is 67.0 cm³/mol. The molecule has 0 aliphatic carbocycles. The van der Waals surface area contributed by atoms with Gasteiger partial charge in [0, 0.05) is 11.8 Å². The van der Waals surface area contributed by atoms with Crippen LogP contribution in [0.2, 0.25) is 0 Å². The molecule has 0 aliphatic rings. The Balaban J connectivity index is 2.16. The quantitative estimate of drug-likeness (QED) is 0.895. The highest BCUT2D eigenvalue weighted by atomic mass is 16.5. The van der Waals surface area contributed by atoms with Gasteiger partial charge in [-0.1, -0.05) is 5.16 Å². The molecule has 0 saturated carbocycles. The summed E-state index contributed by atoms with van der Waals surface area (Å²) in [4.78, 5) is 4.17. The van der Waals surface area contributed by atoms with Crippen LogP contribution < -0.4 is 5.32 Å². The molecule has 2 aromatic heterocycles. The first-order valence-electron chi connectivity index (χ1n) is 5.67. The van der Waals surface area contributed by atoms with Gasteiger partial charge in [0.25, 0.3) is 0 Å². The Morgan fingerprint density at radius 1 is 1.39 bits per heavy atom. The van der Waals surface area contributed by atoms with Gasteiger partial charge >= 0.3 is 0 Å². The number of pyridine rings is 1. The van der Waals surface area contributed by atoms with Gasteiger partial charge in [0.2, 0.25) is 0 Å². The summed E-state index contributed by atoms with van der Waals surface area (Å²) < 4.78 is 5.14. The van der Waals surface area contributed by atoms with Crippen molar-refractivity contribution in [3.63, 3.8) is 0 Å². The molecule has 1 unspecified atom stereocenters. The van der Waals surface area contributed by atoms with Crippen molar-refractivity contribution in [1.82, 2.24) is 10.1 Å². The van der Waals surface area contributed by atoms with Gasteiger partial charge in [-0.25, -0.2) is 4.98 Å². The van der Waals surface area contributed by atoms with Crippen molar-refractivity contribution in [1.29, 1.82) is 5.26 Å². The monoisotopic (exact) mass is 242 g/mol. The molecule has 0 spiro atoms. The summed E-state index contributed by atoms with van der Waals surface area (Å²) in [6.07, 6.45) is 1.54.